The molecule has 4 rings (SSSR count). The Hall–Kier alpha value is -3.13. The number of thiazole rings is 1. The lowest BCUT2D eigenvalue weighted by Crippen LogP contribution is -2.41. The molecule has 1 saturated heterocycles. The molecule has 30 heavy (non-hydrogen) atoms. The van der Waals surface area contributed by atoms with Crippen LogP contribution in [0.15, 0.2) is 42.5 Å². The minimum Gasteiger partial charge on any atom is -0.497 e. The first kappa shape index (κ1) is 20.2. The molecule has 156 valence electrons. The van der Waals surface area contributed by atoms with E-state index in [-0.39, 0.29) is 17.9 Å². The van der Waals surface area contributed by atoms with Gasteiger partial charge in [0.25, 0.3) is 11.1 Å². The van der Waals surface area contributed by atoms with Gasteiger partial charge >= 0.3 is 0 Å². The van der Waals surface area contributed by atoms with Gasteiger partial charge in [-0.2, -0.15) is 0 Å². The molecule has 0 atom stereocenters. The van der Waals surface area contributed by atoms with Crippen molar-refractivity contribution in [2.75, 3.05) is 25.5 Å². The maximum Gasteiger partial charge on any atom is 0.274 e. The molecule has 0 saturated carbocycles. The van der Waals surface area contributed by atoms with Crippen LogP contribution in [-0.4, -0.2) is 48.0 Å². The molecule has 3 aromatic rings. The standard InChI is InChI=1S/C22H23N3O4S/c1-14(26)23-16-5-3-15(4-6-16)21(27)25-11-9-17(10-12-25)29-22-24-19-13-18(28-2)7-8-20(19)30-22/h3-8,13,17H,9-12H2,1-2H3,(H,23,26). The van der Waals surface area contributed by atoms with E-state index < -0.39 is 0 Å². The number of methoxy groups -OCH3 is 1. The minimum atomic E-state index is -0.136. The molecule has 1 aliphatic heterocycles. The number of piperidine rings is 1. The van der Waals surface area contributed by atoms with Crippen molar-refractivity contribution >= 4 is 39.1 Å². The topological polar surface area (TPSA) is 80.8 Å². The van der Waals surface area contributed by atoms with Gasteiger partial charge in [-0.25, -0.2) is 4.98 Å². The monoisotopic (exact) mass is 425 g/mol. The Kier molecular flexibility index (Phi) is 5.85. The van der Waals surface area contributed by atoms with Gasteiger partial charge in [0.05, 0.1) is 17.3 Å². The van der Waals surface area contributed by atoms with Gasteiger partial charge in [-0.1, -0.05) is 11.3 Å². The Morgan fingerprint density at radius 1 is 1.13 bits per heavy atom. The van der Waals surface area contributed by atoms with Crippen LogP contribution in [0.4, 0.5) is 5.69 Å². The Morgan fingerprint density at radius 2 is 1.87 bits per heavy atom. The van der Waals surface area contributed by atoms with Gasteiger partial charge in [-0.3, -0.25) is 9.59 Å². The third-order valence-electron chi connectivity index (χ3n) is 5.02. The van der Waals surface area contributed by atoms with Crippen LogP contribution in [0.25, 0.3) is 10.2 Å². The molecule has 0 spiro atoms. The number of amides is 2. The highest BCUT2D eigenvalue weighted by Crippen LogP contribution is 2.32. The van der Waals surface area contributed by atoms with E-state index >= 15 is 0 Å². The molecule has 8 heteroatoms. The summed E-state index contributed by atoms with van der Waals surface area (Å²) in [6, 6.07) is 12.8. The first-order valence-corrected chi connectivity index (χ1v) is 10.6. The Morgan fingerprint density at radius 3 is 2.53 bits per heavy atom. The van der Waals surface area contributed by atoms with E-state index in [1.165, 1.54) is 18.3 Å². The van der Waals surface area contributed by atoms with Crippen molar-refractivity contribution in [2.45, 2.75) is 25.9 Å². The molecule has 1 N–H and O–H groups in total. The molecule has 1 fully saturated rings. The van der Waals surface area contributed by atoms with Crippen molar-refractivity contribution in [1.29, 1.82) is 0 Å². The van der Waals surface area contributed by atoms with Crippen molar-refractivity contribution in [3.8, 4) is 10.9 Å². The lowest BCUT2D eigenvalue weighted by molar-refractivity contribution is -0.114. The fourth-order valence-electron chi connectivity index (χ4n) is 3.46. The number of ether oxygens (including phenoxy) is 2. The molecule has 1 aromatic heterocycles. The van der Waals surface area contributed by atoms with Crippen LogP contribution >= 0.6 is 11.3 Å². The highest BCUT2D eigenvalue weighted by atomic mass is 32.1. The minimum absolute atomic E-state index is 0.00472. The summed E-state index contributed by atoms with van der Waals surface area (Å²) in [4.78, 5) is 30.3. The van der Waals surface area contributed by atoms with E-state index in [2.05, 4.69) is 10.3 Å². The summed E-state index contributed by atoms with van der Waals surface area (Å²) < 4.78 is 12.4. The van der Waals surface area contributed by atoms with Crippen molar-refractivity contribution in [3.63, 3.8) is 0 Å². The molecule has 1 aliphatic rings. The average molecular weight is 426 g/mol. The molecule has 0 radical (unpaired) electrons. The van der Waals surface area contributed by atoms with E-state index in [0.29, 0.717) is 29.5 Å². The number of benzene rings is 2. The maximum absolute atomic E-state index is 12.8. The van der Waals surface area contributed by atoms with Crippen molar-refractivity contribution in [3.05, 3.63) is 48.0 Å². The zero-order chi connectivity index (χ0) is 21.1. The largest absolute Gasteiger partial charge is 0.497 e. The fourth-order valence-corrected chi connectivity index (χ4v) is 4.33. The van der Waals surface area contributed by atoms with Crippen molar-refractivity contribution in [2.24, 2.45) is 0 Å². The summed E-state index contributed by atoms with van der Waals surface area (Å²) in [5, 5.41) is 3.35. The average Bonchev–Trinajstić information content (AvgIpc) is 3.15. The van der Waals surface area contributed by atoms with Gasteiger partial charge in [-0.15, -0.1) is 0 Å². The number of rotatable bonds is 5. The Bertz CT molecular complexity index is 1060. The van der Waals surface area contributed by atoms with Crippen molar-refractivity contribution < 1.29 is 19.1 Å². The zero-order valence-corrected chi connectivity index (χ0v) is 17.7. The van der Waals surface area contributed by atoms with Gasteiger partial charge in [0.15, 0.2) is 0 Å². The summed E-state index contributed by atoms with van der Waals surface area (Å²) in [7, 11) is 1.64. The smallest absolute Gasteiger partial charge is 0.274 e. The van der Waals surface area contributed by atoms with E-state index in [9.17, 15) is 9.59 Å². The van der Waals surface area contributed by atoms with E-state index in [1.54, 1.807) is 31.4 Å². The molecule has 2 amide bonds. The van der Waals surface area contributed by atoms with Crippen LogP contribution in [-0.2, 0) is 4.79 Å². The van der Waals surface area contributed by atoms with Gasteiger partial charge in [0, 0.05) is 50.2 Å². The number of fused-ring (bicyclic) bond motifs is 1. The van der Waals surface area contributed by atoms with Crippen LogP contribution in [0, 0.1) is 0 Å². The maximum atomic E-state index is 12.8. The van der Waals surface area contributed by atoms with Crippen LogP contribution in [0.2, 0.25) is 0 Å². The number of nitrogens with one attached hydrogen (secondary N) is 1. The summed E-state index contributed by atoms with van der Waals surface area (Å²) in [6.07, 6.45) is 1.56. The Labute approximate surface area is 178 Å². The van der Waals surface area contributed by atoms with E-state index in [4.69, 9.17) is 9.47 Å². The predicted molar refractivity (Wildman–Crippen MR) is 116 cm³/mol. The second-order valence-electron chi connectivity index (χ2n) is 7.18. The van der Waals surface area contributed by atoms with E-state index in [1.807, 2.05) is 23.1 Å². The molecule has 2 aromatic carbocycles. The number of carbonyl (C=O) groups excluding carboxylic acids is 2. The van der Waals surface area contributed by atoms with Crippen LogP contribution in [0.1, 0.15) is 30.1 Å². The molecule has 2 heterocycles. The lowest BCUT2D eigenvalue weighted by Gasteiger charge is -2.31. The number of anilines is 1. The summed E-state index contributed by atoms with van der Waals surface area (Å²) in [6.45, 7) is 2.72. The van der Waals surface area contributed by atoms with Crippen LogP contribution in [0.5, 0.6) is 10.9 Å². The number of likely N-dealkylation sites (tertiary alicyclic amines) is 1. The quantitative estimate of drug-likeness (QED) is 0.670. The summed E-state index contributed by atoms with van der Waals surface area (Å²) in [5.41, 5.74) is 2.16. The molecule has 0 aliphatic carbocycles. The number of hydrogen-bond donors (Lipinski definition) is 1. The molecular weight excluding hydrogens is 402 g/mol. The van der Waals surface area contributed by atoms with Gasteiger partial charge in [0.1, 0.15) is 11.9 Å². The fraction of sp³-hybridized carbons (Fsp3) is 0.318. The van der Waals surface area contributed by atoms with Crippen molar-refractivity contribution in [1.82, 2.24) is 9.88 Å². The molecule has 7 nitrogen and oxygen atoms in total. The number of hydrogen-bond acceptors (Lipinski definition) is 6. The van der Waals surface area contributed by atoms with Crippen LogP contribution in [0.3, 0.4) is 0 Å². The van der Waals surface area contributed by atoms with E-state index in [0.717, 1.165) is 28.8 Å². The number of aromatic nitrogens is 1. The lowest BCUT2D eigenvalue weighted by atomic mass is 10.1. The van der Waals surface area contributed by atoms with Crippen LogP contribution < -0.4 is 14.8 Å². The SMILES string of the molecule is COc1ccc2sc(OC3CCN(C(=O)c4ccc(NC(C)=O)cc4)CC3)nc2c1. The summed E-state index contributed by atoms with van der Waals surface area (Å²) in [5.74, 6) is 0.634. The predicted octanol–water partition coefficient (Wildman–Crippen LogP) is 3.95. The number of carbonyl (C=O) groups is 2. The molecular formula is C22H23N3O4S. The second-order valence-corrected chi connectivity index (χ2v) is 8.17. The molecule has 0 unspecified atom stereocenters. The molecule has 0 bridgehead atoms. The number of nitrogens with zero attached hydrogens (tertiary/aromatic N) is 2. The normalized spacial score (nSPS) is 14.5. The highest BCUT2D eigenvalue weighted by Gasteiger charge is 2.25. The Balaban J connectivity index is 1.33. The first-order chi connectivity index (χ1) is 14.5. The van der Waals surface area contributed by atoms with Gasteiger partial charge < -0.3 is 19.7 Å². The van der Waals surface area contributed by atoms with Gasteiger partial charge in [0.2, 0.25) is 5.91 Å². The third-order valence-corrected chi connectivity index (χ3v) is 5.95. The highest BCUT2D eigenvalue weighted by molar-refractivity contribution is 7.20. The first-order valence-electron chi connectivity index (χ1n) is 9.80. The van der Waals surface area contributed by atoms with Gasteiger partial charge in [-0.05, 0) is 36.4 Å². The third kappa shape index (κ3) is 4.54. The summed E-state index contributed by atoms with van der Waals surface area (Å²) >= 11 is 1.52. The zero-order valence-electron chi connectivity index (χ0n) is 16.9. The second kappa shape index (κ2) is 8.71.